The molecule has 4 atom stereocenters. The van der Waals surface area contributed by atoms with Gasteiger partial charge < -0.3 is 52.5 Å². The van der Waals surface area contributed by atoms with E-state index in [1.807, 2.05) is 60.7 Å². The number of nitrogens with zero attached hydrogens (tertiary/aromatic N) is 2. The first-order valence-corrected chi connectivity index (χ1v) is 27.7. The lowest BCUT2D eigenvalue weighted by Crippen LogP contribution is -2.60. The summed E-state index contributed by atoms with van der Waals surface area (Å²) in [5, 5.41) is 10.6. The van der Waals surface area contributed by atoms with Gasteiger partial charge in [0.15, 0.2) is 58.2 Å². The second-order valence-corrected chi connectivity index (χ2v) is 21.4. The minimum Gasteiger partial charge on any atom is -0.493 e. The van der Waals surface area contributed by atoms with Crippen LogP contribution < -0.4 is 57.2 Å². The van der Waals surface area contributed by atoms with Crippen LogP contribution in [0.3, 0.4) is 0 Å². The number of aliphatic hydroxyl groups excluding tert-OH is 1. The molecule has 6 aromatic rings. The Morgan fingerprint density at radius 3 is 1.16 bits per heavy atom. The van der Waals surface area contributed by atoms with Crippen molar-refractivity contribution in [2.75, 3.05) is 79.2 Å². The molecule has 0 aliphatic carbocycles. The van der Waals surface area contributed by atoms with Gasteiger partial charge in [-0.3, -0.25) is 23.6 Å². The van der Waals surface area contributed by atoms with Gasteiger partial charge in [0.05, 0.1) is 92.8 Å². The van der Waals surface area contributed by atoms with Crippen LogP contribution >= 0.6 is 10.7 Å². The third-order valence-electron chi connectivity index (χ3n) is 11.8. The lowest BCUT2D eigenvalue weighted by molar-refractivity contribution is -0.137. The van der Waals surface area contributed by atoms with Crippen LogP contribution in [0.5, 0.6) is 57.5 Å². The number of carbonyl (C=O) groups is 2. The Morgan fingerprint density at radius 2 is 0.818 bits per heavy atom. The maximum absolute atomic E-state index is 13.3. The predicted octanol–water partition coefficient (Wildman–Crippen LogP) is 7.67. The van der Waals surface area contributed by atoms with E-state index in [1.54, 1.807) is 67.8 Å². The number of methoxy groups -OCH3 is 8. The van der Waals surface area contributed by atoms with E-state index in [2.05, 4.69) is 10.7 Å². The average molecular weight is 1120 g/mol. The number of amides is 2. The van der Waals surface area contributed by atoms with Crippen molar-refractivity contribution in [2.45, 2.75) is 37.5 Å². The van der Waals surface area contributed by atoms with Crippen LogP contribution in [0.15, 0.2) is 121 Å². The molecule has 2 aliphatic heterocycles. The first-order valence-electron chi connectivity index (χ1n) is 23.1. The average Bonchev–Trinajstić information content (AvgIpc) is 3.49. The largest absolute Gasteiger partial charge is 0.493 e. The second-order valence-electron chi connectivity index (χ2n) is 16.8. The van der Waals surface area contributed by atoms with Gasteiger partial charge in [-0.1, -0.05) is 72.8 Å². The van der Waals surface area contributed by atoms with Crippen molar-refractivity contribution in [1.29, 1.82) is 0 Å². The molecule has 412 valence electrons. The van der Waals surface area contributed by atoms with Gasteiger partial charge in [0.25, 0.3) is 21.9 Å². The summed E-state index contributed by atoms with van der Waals surface area (Å²) in [5.74, 6) is 3.26. The minimum absolute atomic E-state index is 0.282. The zero-order valence-corrected chi connectivity index (χ0v) is 46.1. The highest BCUT2D eigenvalue weighted by Gasteiger charge is 2.53. The molecular formula is C54H59ClN2O18S2. The number of hydrogen-bond donors (Lipinski definition) is 1. The Bertz CT molecular complexity index is 3180. The monoisotopic (exact) mass is 1120 g/mol. The summed E-state index contributed by atoms with van der Waals surface area (Å²) in [4.78, 5) is 28.9. The van der Waals surface area contributed by atoms with Crippen molar-refractivity contribution in [2.24, 2.45) is 0 Å². The fraction of sp³-hybridized carbons (Fsp3) is 0.296. The van der Waals surface area contributed by atoms with E-state index < -0.39 is 55.3 Å². The molecule has 0 spiro atoms. The standard InChI is InChI=1S/C27H29NO9S.C26H27NO7.CH3ClO2S/c1-32-20-12-11-18(13-21(20)36-16-17-9-7-6-8-10-17)24-26(37-38(5,30)31)27(29)28(24)19-14-22(33-2)25(35-4)23(15-19)34-3;1-30-19-11-10-17(12-20(19)34-15-16-8-6-5-7-9-16)23-24(28)26(29)27(23)18-13-21(31-2)25(33-4)22(14-18)32-3;1-5(2,3)4/h6-15,24,26H,16H2,1-5H3;5-14,23-24,28H,15H2,1-4H3;1H3/t24-,26?;23-,24+;/m00./s1. The first kappa shape index (κ1) is 58.6. The number of benzene rings is 6. The third kappa shape index (κ3) is 14.3. The van der Waals surface area contributed by atoms with Crippen LogP contribution in [0.25, 0.3) is 0 Å². The smallest absolute Gasteiger partial charge is 0.265 e. The number of β-lactam (4-membered cyclic amide) rings is 2. The molecule has 2 amide bonds. The van der Waals surface area contributed by atoms with E-state index in [4.69, 9.17) is 51.6 Å². The lowest BCUT2D eigenvalue weighted by Gasteiger charge is -2.46. The first-order chi connectivity index (χ1) is 36.7. The van der Waals surface area contributed by atoms with E-state index in [0.717, 1.165) is 23.6 Å². The van der Waals surface area contributed by atoms with Crippen LogP contribution in [0.4, 0.5) is 11.4 Å². The molecule has 1 unspecified atom stereocenters. The van der Waals surface area contributed by atoms with E-state index >= 15 is 0 Å². The van der Waals surface area contributed by atoms with Crippen molar-refractivity contribution in [1.82, 2.24) is 0 Å². The Balaban J connectivity index is 0.000000230. The summed E-state index contributed by atoms with van der Waals surface area (Å²) in [6.45, 7) is 0.632. The molecule has 2 aliphatic rings. The van der Waals surface area contributed by atoms with Crippen LogP contribution in [-0.4, -0.2) is 115 Å². The summed E-state index contributed by atoms with van der Waals surface area (Å²) < 4.78 is 103. The van der Waals surface area contributed by atoms with Gasteiger partial charge in [-0.15, -0.1) is 0 Å². The number of carbonyl (C=O) groups excluding carboxylic acids is 2. The molecule has 20 nitrogen and oxygen atoms in total. The molecule has 2 heterocycles. The zero-order chi connectivity index (χ0) is 56.2. The van der Waals surface area contributed by atoms with E-state index in [0.29, 0.717) is 86.6 Å². The number of aliphatic hydroxyl groups is 1. The molecule has 2 saturated heterocycles. The molecular weight excluding hydrogens is 1060 g/mol. The summed E-state index contributed by atoms with van der Waals surface area (Å²) in [6, 6.07) is 35.0. The fourth-order valence-electron chi connectivity index (χ4n) is 8.31. The van der Waals surface area contributed by atoms with Crippen LogP contribution in [0.1, 0.15) is 34.3 Å². The van der Waals surface area contributed by atoms with E-state index in [9.17, 15) is 31.5 Å². The predicted molar refractivity (Wildman–Crippen MR) is 287 cm³/mol. The van der Waals surface area contributed by atoms with Gasteiger partial charge in [-0.2, -0.15) is 8.42 Å². The Morgan fingerprint density at radius 1 is 0.468 bits per heavy atom. The van der Waals surface area contributed by atoms with Crippen molar-refractivity contribution in [3.05, 3.63) is 144 Å². The van der Waals surface area contributed by atoms with Gasteiger partial charge in [0, 0.05) is 34.9 Å². The normalized spacial score (nSPS) is 16.7. The van der Waals surface area contributed by atoms with Crippen molar-refractivity contribution < 1.29 is 83.1 Å². The highest BCUT2D eigenvalue weighted by atomic mass is 35.7. The van der Waals surface area contributed by atoms with Crippen LogP contribution in [-0.2, 0) is 46.2 Å². The molecule has 0 aromatic heterocycles. The molecule has 0 radical (unpaired) electrons. The third-order valence-corrected chi connectivity index (χ3v) is 12.3. The maximum Gasteiger partial charge on any atom is 0.265 e. The number of rotatable bonds is 20. The lowest BCUT2D eigenvalue weighted by atomic mass is 9.89. The number of hydrogen-bond acceptors (Lipinski definition) is 18. The quantitative estimate of drug-likeness (QED) is 0.0439. The summed E-state index contributed by atoms with van der Waals surface area (Å²) in [7, 11) is 9.37. The number of halogens is 1. The second kappa shape index (κ2) is 25.9. The molecule has 0 bridgehead atoms. The molecule has 8 rings (SSSR count). The van der Waals surface area contributed by atoms with Gasteiger partial charge in [-0.05, 0) is 46.5 Å². The number of ether oxygens (including phenoxy) is 10. The minimum atomic E-state index is -3.94. The molecule has 2 fully saturated rings. The zero-order valence-electron chi connectivity index (χ0n) is 43.7. The Hall–Kier alpha value is -7.63. The Labute approximate surface area is 451 Å². The Kier molecular flexibility index (Phi) is 19.8. The SMILES string of the molecule is COc1ccc([C@H]2C(OS(C)(=O)=O)C(=O)N2c2cc(OC)c(OC)c(OC)c2)cc1OCc1ccccc1.COc1ccc([C@H]2[C@@H](O)C(=O)N2c2cc(OC)c(OC)c(OC)c2)cc1OCc1ccccc1.CS(=O)(=O)Cl. The molecule has 1 N–H and O–H groups in total. The summed E-state index contributed by atoms with van der Waals surface area (Å²) in [6.07, 6.45) is -0.648. The van der Waals surface area contributed by atoms with Gasteiger partial charge >= 0.3 is 0 Å². The highest BCUT2D eigenvalue weighted by Crippen LogP contribution is 2.50. The fourth-order valence-corrected chi connectivity index (χ4v) is 8.88. The van der Waals surface area contributed by atoms with Gasteiger partial charge in [-0.25, -0.2) is 8.42 Å². The van der Waals surface area contributed by atoms with Crippen LogP contribution in [0, 0.1) is 0 Å². The van der Waals surface area contributed by atoms with Crippen LogP contribution in [0.2, 0.25) is 0 Å². The number of anilines is 2. The van der Waals surface area contributed by atoms with Gasteiger partial charge in [0.2, 0.25) is 20.5 Å². The van der Waals surface area contributed by atoms with E-state index in [1.165, 1.54) is 59.6 Å². The summed E-state index contributed by atoms with van der Waals surface area (Å²) in [5.41, 5.74) is 4.16. The van der Waals surface area contributed by atoms with E-state index in [-0.39, 0.29) is 6.61 Å². The summed E-state index contributed by atoms with van der Waals surface area (Å²) >= 11 is 0. The highest BCUT2D eigenvalue weighted by molar-refractivity contribution is 8.13. The molecule has 0 saturated carbocycles. The van der Waals surface area contributed by atoms with Crippen molar-refractivity contribution >= 4 is 53.0 Å². The van der Waals surface area contributed by atoms with Crippen molar-refractivity contribution in [3.8, 4) is 57.5 Å². The maximum atomic E-state index is 13.3. The molecule has 23 heteroatoms. The van der Waals surface area contributed by atoms with Gasteiger partial charge in [0.1, 0.15) is 13.2 Å². The van der Waals surface area contributed by atoms with Crippen molar-refractivity contribution in [3.63, 3.8) is 0 Å². The topological polar surface area (TPSA) is 231 Å². The molecule has 6 aromatic carbocycles. The molecule has 77 heavy (non-hydrogen) atoms.